The van der Waals surface area contributed by atoms with Crippen molar-refractivity contribution in [3.63, 3.8) is 0 Å². The molecule has 2 heterocycles. The summed E-state index contributed by atoms with van der Waals surface area (Å²) in [5.74, 6) is 0.871. The average molecular weight is 361 g/mol. The molecule has 4 rings (SSSR count). The molecule has 0 radical (unpaired) electrons. The zero-order chi connectivity index (χ0) is 18.6. The van der Waals surface area contributed by atoms with E-state index in [1.165, 1.54) is 0 Å². The minimum atomic E-state index is -0.0352. The number of hydrogen-bond acceptors (Lipinski definition) is 4. The van der Waals surface area contributed by atoms with Crippen molar-refractivity contribution in [1.29, 1.82) is 0 Å². The molecule has 138 valence electrons. The van der Waals surface area contributed by atoms with Crippen molar-refractivity contribution >= 4 is 28.3 Å². The largest absolute Gasteiger partial charge is 0.355 e. The first kappa shape index (κ1) is 17.3. The van der Waals surface area contributed by atoms with Gasteiger partial charge in [-0.2, -0.15) is 5.10 Å². The van der Waals surface area contributed by atoms with E-state index in [4.69, 9.17) is 0 Å². The highest BCUT2D eigenvalue weighted by Crippen LogP contribution is 2.24. The zero-order valence-electron chi connectivity index (χ0n) is 15.4. The summed E-state index contributed by atoms with van der Waals surface area (Å²) in [6.07, 6.45) is 3.50. The van der Waals surface area contributed by atoms with Crippen LogP contribution < -0.4 is 10.2 Å². The second-order valence-corrected chi connectivity index (χ2v) is 6.87. The summed E-state index contributed by atoms with van der Waals surface area (Å²) in [7, 11) is 2.04. The Hall–Kier alpha value is -3.15. The van der Waals surface area contributed by atoms with Gasteiger partial charge in [-0.15, -0.1) is 5.10 Å². The van der Waals surface area contributed by atoms with Gasteiger partial charge >= 0.3 is 6.03 Å². The molecule has 2 amide bonds. The fraction of sp³-hybridized carbons (Fsp3) is 0.286. The Morgan fingerprint density at radius 2 is 1.85 bits per heavy atom. The summed E-state index contributed by atoms with van der Waals surface area (Å²) in [6.45, 7) is 1.46. The summed E-state index contributed by atoms with van der Waals surface area (Å²) < 4.78 is 0. The van der Waals surface area contributed by atoms with Crippen LogP contribution in [0.4, 0.5) is 16.3 Å². The zero-order valence-corrected chi connectivity index (χ0v) is 15.4. The Morgan fingerprint density at radius 1 is 1.07 bits per heavy atom. The summed E-state index contributed by atoms with van der Waals surface area (Å²) >= 11 is 0. The van der Waals surface area contributed by atoms with Crippen LogP contribution >= 0.6 is 0 Å². The van der Waals surface area contributed by atoms with Gasteiger partial charge in [-0.3, -0.25) is 0 Å². The molecule has 0 atom stereocenters. The number of piperidine rings is 1. The van der Waals surface area contributed by atoms with Crippen molar-refractivity contribution in [3.05, 3.63) is 60.8 Å². The molecule has 6 nitrogen and oxygen atoms in total. The Kier molecular flexibility index (Phi) is 4.87. The predicted molar refractivity (Wildman–Crippen MR) is 108 cm³/mol. The lowest BCUT2D eigenvalue weighted by Gasteiger charge is -2.37. The second kappa shape index (κ2) is 7.61. The van der Waals surface area contributed by atoms with Crippen LogP contribution in [-0.2, 0) is 0 Å². The van der Waals surface area contributed by atoms with E-state index in [-0.39, 0.29) is 6.03 Å². The summed E-state index contributed by atoms with van der Waals surface area (Å²) in [5, 5.41) is 13.4. The molecule has 1 fully saturated rings. The van der Waals surface area contributed by atoms with Gasteiger partial charge in [0.1, 0.15) is 0 Å². The molecule has 6 heteroatoms. The molecule has 3 aromatic rings. The number of likely N-dealkylation sites (tertiary alicyclic amines) is 1. The highest BCUT2D eigenvalue weighted by molar-refractivity contribution is 6.01. The lowest BCUT2D eigenvalue weighted by atomic mass is 10.0. The minimum absolute atomic E-state index is 0.0352. The third-order valence-electron chi connectivity index (χ3n) is 5.25. The molecule has 0 saturated carbocycles. The molecular weight excluding hydrogens is 338 g/mol. The number of anilines is 2. The molecule has 1 aliphatic rings. The number of hydrogen-bond donors (Lipinski definition) is 1. The lowest BCUT2D eigenvalue weighted by molar-refractivity contribution is 0.194. The molecular formula is C21H23N5O. The fourth-order valence-electron chi connectivity index (χ4n) is 3.65. The number of nitrogens with zero attached hydrogens (tertiary/aromatic N) is 4. The Bertz CT molecular complexity index is 917. The maximum atomic E-state index is 12.7. The predicted octanol–water partition coefficient (Wildman–Crippen LogP) is 3.76. The van der Waals surface area contributed by atoms with Gasteiger partial charge in [0.25, 0.3) is 0 Å². The van der Waals surface area contributed by atoms with Crippen molar-refractivity contribution < 1.29 is 4.79 Å². The van der Waals surface area contributed by atoms with Gasteiger partial charge in [0.15, 0.2) is 5.82 Å². The summed E-state index contributed by atoms with van der Waals surface area (Å²) in [5.41, 5.74) is 0.858. The molecule has 2 aromatic carbocycles. The Morgan fingerprint density at radius 3 is 2.63 bits per heavy atom. The minimum Gasteiger partial charge on any atom is -0.355 e. The summed E-state index contributed by atoms with van der Waals surface area (Å²) in [6, 6.07) is 18.3. The smallest absolute Gasteiger partial charge is 0.321 e. The number of amides is 2. The Balaban J connectivity index is 1.39. The molecule has 27 heavy (non-hydrogen) atoms. The lowest BCUT2D eigenvalue weighted by Crippen LogP contribution is -2.47. The van der Waals surface area contributed by atoms with E-state index in [1.807, 2.05) is 54.4 Å². The number of carbonyl (C=O) groups is 1. The van der Waals surface area contributed by atoms with Gasteiger partial charge in [0.2, 0.25) is 0 Å². The van der Waals surface area contributed by atoms with Gasteiger partial charge in [-0.05, 0) is 36.4 Å². The van der Waals surface area contributed by atoms with Gasteiger partial charge < -0.3 is 15.1 Å². The number of nitrogens with one attached hydrogen (secondary N) is 1. The van der Waals surface area contributed by atoms with E-state index in [2.05, 4.69) is 32.5 Å². The van der Waals surface area contributed by atoms with Crippen molar-refractivity contribution in [3.8, 4) is 0 Å². The van der Waals surface area contributed by atoms with E-state index in [0.717, 1.165) is 48.2 Å². The molecule has 1 aliphatic heterocycles. The van der Waals surface area contributed by atoms with Crippen LogP contribution in [0.25, 0.3) is 10.8 Å². The van der Waals surface area contributed by atoms with E-state index in [1.54, 1.807) is 6.20 Å². The van der Waals surface area contributed by atoms with Crippen molar-refractivity contribution in [2.24, 2.45) is 0 Å². The summed E-state index contributed by atoms with van der Waals surface area (Å²) in [4.78, 5) is 16.8. The highest BCUT2D eigenvalue weighted by atomic mass is 16.2. The molecule has 1 N–H and O–H groups in total. The SMILES string of the molecule is CN(c1cccnn1)C1CCN(C(=O)Nc2cccc3ccccc23)CC1. The monoisotopic (exact) mass is 361 g/mol. The molecule has 0 aliphatic carbocycles. The third kappa shape index (κ3) is 3.69. The van der Waals surface area contributed by atoms with Crippen LogP contribution in [0.2, 0.25) is 0 Å². The standard InChI is InChI=1S/C21H23N5O/c1-25(20-10-5-13-22-24-20)17-11-14-26(15-12-17)21(27)23-19-9-4-7-16-6-2-3-8-18(16)19/h2-10,13,17H,11-12,14-15H2,1H3,(H,23,27). The van der Waals surface area contributed by atoms with Gasteiger partial charge in [0, 0.05) is 37.8 Å². The number of aromatic nitrogens is 2. The first-order valence-electron chi connectivity index (χ1n) is 9.26. The van der Waals surface area contributed by atoms with Crippen molar-refractivity contribution in [1.82, 2.24) is 15.1 Å². The number of benzene rings is 2. The van der Waals surface area contributed by atoms with E-state index in [0.29, 0.717) is 6.04 Å². The molecule has 1 saturated heterocycles. The van der Waals surface area contributed by atoms with Crippen molar-refractivity contribution in [2.45, 2.75) is 18.9 Å². The van der Waals surface area contributed by atoms with E-state index >= 15 is 0 Å². The first-order valence-corrected chi connectivity index (χ1v) is 9.26. The average Bonchev–Trinajstić information content (AvgIpc) is 2.74. The molecule has 0 bridgehead atoms. The maximum absolute atomic E-state index is 12.7. The number of rotatable bonds is 3. The van der Waals surface area contributed by atoms with Crippen LogP contribution in [0.15, 0.2) is 60.8 Å². The van der Waals surface area contributed by atoms with Gasteiger partial charge in [-0.1, -0.05) is 36.4 Å². The normalized spacial score (nSPS) is 14.9. The number of carbonyl (C=O) groups excluding carboxylic acids is 1. The van der Waals surface area contributed by atoms with Crippen LogP contribution in [0.1, 0.15) is 12.8 Å². The number of fused-ring (bicyclic) bond motifs is 1. The van der Waals surface area contributed by atoms with Crippen LogP contribution in [0, 0.1) is 0 Å². The van der Waals surface area contributed by atoms with Crippen LogP contribution in [0.5, 0.6) is 0 Å². The maximum Gasteiger partial charge on any atom is 0.321 e. The second-order valence-electron chi connectivity index (χ2n) is 6.87. The highest BCUT2D eigenvalue weighted by Gasteiger charge is 2.26. The molecule has 0 unspecified atom stereocenters. The van der Waals surface area contributed by atoms with Crippen LogP contribution in [0.3, 0.4) is 0 Å². The van der Waals surface area contributed by atoms with E-state index in [9.17, 15) is 4.79 Å². The van der Waals surface area contributed by atoms with Crippen LogP contribution in [-0.4, -0.2) is 47.3 Å². The molecule has 1 aromatic heterocycles. The van der Waals surface area contributed by atoms with E-state index < -0.39 is 0 Å². The molecule has 0 spiro atoms. The fourth-order valence-corrected chi connectivity index (χ4v) is 3.65. The van der Waals surface area contributed by atoms with Gasteiger partial charge in [0.05, 0.1) is 5.69 Å². The Labute approximate surface area is 158 Å². The van der Waals surface area contributed by atoms with Crippen molar-refractivity contribution in [2.75, 3.05) is 30.4 Å². The topological polar surface area (TPSA) is 61.4 Å². The number of urea groups is 1. The third-order valence-corrected chi connectivity index (χ3v) is 5.25. The quantitative estimate of drug-likeness (QED) is 0.771. The van der Waals surface area contributed by atoms with Gasteiger partial charge in [-0.25, -0.2) is 4.79 Å². The first-order chi connectivity index (χ1) is 13.2.